The maximum absolute atomic E-state index is 12.5. The SMILES string of the molecule is CCOC(=O)C(C)(CO)CC(Cc1ccc(-c2cccc(Cl)c2)cc1)NC(=O)OC(C)(C)C. The molecule has 2 aromatic carbocycles. The summed E-state index contributed by atoms with van der Waals surface area (Å²) in [5, 5.41) is 13.5. The Balaban J connectivity index is 2.23. The van der Waals surface area contributed by atoms with Gasteiger partial charge in [0.25, 0.3) is 0 Å². The zero-order valence-corrected chi connectivity index (χ0v) is 20.7. The van der Waals surface area contributed by atoms with Gasteiger partial charge in [-0.15, -0.1) is 0 Å². The molecule has 0 saturated carbocycles. The van der Waals surface area contributed by atoms with E-state index >= 15 is 0 Å². The lowest BCUT2D eigenvalue weighted by Gasteiger charge is -2.31. The molecule has 2 atom stereocenters. The highest BCUT2D eigenvalue weighted by atomic mass is 35.5. The fourth-order valence-corrected chi connectivity index (χ4v) is 3.69. The molecule has 33 heavy (non-hydrogen) atoms. The Morgan fingerprint density at radius 2 is 1.73 bits per heavy atom. The first-order valence-electron chi connectivity index (χ1n) is 11.1. The maximum Gasteiger partial charge on any atom is 0.407 e. The molecule has 0 aliphatic carbocycles. The van der Waals surface area contributed by atoms with Crippen molar-refractivity contribution in [3.63, 3.8) is 0 Å². The predicted molar refractivity (Wildman–Crippen MR) is 130 cm³/mol. The number of aliphatic hydroxyl groups excluding tert-OH is 1. The molecule has 0 aromatic heterocycles. The third-order valence-corrected chi connectivity index (χ3v) is 5.36. The number of benzene rings is 2. The van der Waals surface area contributed by atoms with Gasteiger partial charge in [-0.2, -0.15) is 0 Å². The van der Waals surface area contributed by atoms with Crippen molar-refractivity contribution in [3.8, 4) is 11.1 Å². The lowest BCUT2D eigenvalue weighted by Crippen LogP contribution is -2.46. The summed E-state index contributed by atoms with van der Waals surface area (Å²) in [6, 6.07) is 15.1. The van der Waals surface area contributed by atoms with E-state index in [-0.39, 0.29) is 13.0 Å². The number of carbonyl (C=O) groups excluding carboxylic acids is 2. The van der Waals surface area contributed by atoms with Gasteiger partial charge in [-0.05, 0) is 76.3 Å². The zero-order chi connectivity index (χ0) is 24.6. The highest BCUT2D eigenvalue weighted by Gasteiger charge is 2.37. The van der Waals surface area contributed by atoms with Gasteiger partial charge in [0.2, 0.25) is 0 Å². The molecular weight excluding hydrogens is 442 g/mol. The van der Waals surface area contributed by atoms with Crippen LogP contribution in [0.15, 0.2) is 48.5 Å². The van der Waals surface area contributed by atoms with Crippen LogP contribution in [-0.2, 0) is 20.7 Å². The second kappa shape index (κ2) is 11.5. The van der Waals surface area contributed by atoms with Gasteiger partial charge < -0.3 is 19.9 Å². The van der Waals surface area contributed by atoms with Crippen LogP contribution in [0.25, 0.3) is 11.1 Å². The number of rotatable bonds is 9. The molecule has 180 valence electrons. The minimum Gasteiger partial charge on any atom is -0.466 e. The van der Waals surface area contributed by atoms with E-state index in [1.165, 1.54) is 0 Å². The number of hydrogen-bond donors (Lipinski definition) is 2. The summed E-state index contributed by atoms with van der Waals surface area (Å²) in [7, 11) is 0. The maximum atomic E-state index is 12.5. The molecule has 6 nitrogen and oxygen atoms in total. The van der Waals surface area contributed by atoms with E-state index in [2.05, 4.69) is 5.32 Å². The number of alkyl carbamates (subject to hydrolysis) is 1. The number of esters is 1. The molecular formula is C26H34ClNO5. The van der Waals surface area contributed by atoms with Crippen LogP contribution in [0.2, 0.25) is 5.02 Å². The van der Waals surface area contributed by atoms with Crippen molar-refractivity contribution in [2.45, 2.75) is 59.1 Å². The fraction of sp³-hybridized carbons (Fsp3) is 0.462. The van der Waals surface area contributed by atoms with Crippen molar-refractivity contribution < 1.29 is 24.2 Å². The lowest BCUT2D eigenvalue weighted by atomic mass is 9.82. The van der Waals surface area contributed by atoms with E-state index in [0.717, 1.165) is 16.7 Å². The molecule has 0 saturated heterocycles. The van der Waals surface area contributed by atoms with Crippen LogP contribution in [-0.4, -0.2) is 42.0 Å². The van der Waals surface area contributed by atoms with Crippen LogP contribution in [0, 0.1) is 5.41 Å². The zero-order valence-electron chi connectivity index (χ0n) is 20.0. The summed E-state index contributed by atoms with van der Waals surface area (Å²) in [6.45, 7) is 8.52. The molecule has 1 amide bonds. The Morgan fingerprint density at radius 1 is 1.06 bits per heavy atom. The molecule has 2 N–H and O–H groups in total. The van der Waals surface area contributed by atoms with Gasteiger partial charge in [0, 0.05) is 11.1 Å². The summed E-state index contributed by atoms with van der Waals surface area (Å²) in [5.74, 6) is -0.500. The summed E-state index contributed by atoms with van der Waals surface area (Å²) in [5.41, 5.74) is 1.17. The molecule has 0 spiro atoms. The van der Waals surface area contributed by atoms with Crippen molar-refractivity contribution in [1.82, 2.24) is 5.32 Å². The highest BCUT2D eigenvalue weighted by Crippen LogP contribution is 2.28. The van der Waals surface area contributed by atoms with Gasteiger partial charge in [0.15, 0.2) is 0 Å². The van der Waals surface area contributed by atoms with Crippen LogP contribution < -0.4 is 5.32 Å². The first-order valence-corrected chi connectivity index (χ1v) is 11.5. The third kappa shape index (κ3) is 8.37. The minimum absolute atomic E-state index is 0.192. The lowest BCUT2D eigenvalue weighted by molar-refractivity contribution is -0.157. The van der Waals surface area contributed by atoms with Crippen molar-refractivity contribution in [3.05, 3.63) is 59.1 Å². The molecule has 0 radical (unpaired) electrons. The Bertz CT molecular complexity index is 938. The first-order chi connectivity index (χ1) is 15.5. The molecule has 7 heteroatoms. The number of amides is 1. The van der Waals surface area contributed by atoms with Gasteiger partial charge >= 0.3 is 12.1 Å². The van der Waals surface area contributed by atoms with Crippen LogP contribution in [0.3, 0.4) is 0 Å². The molecule has 2 aromatic rings. The quantitative estimate of drug-likeness (QED) is 0.474. The van der Waals surface area contributed by atoms with Crippen LogP contribution in [0.5, 0.6) is 0 Å². The van der Waals surface area contributed by atoms with E-state index in [1.807, 2.05) is 48.5 Å². The topological polar surface area (TPSA) is 84.9 Å². The predicted octanol–water partition coefficient (Wildman–Crippen LogP) is 5.39. The van der Waals surface area contributed by atoms with Gasteiger partial charge in [-0.3, -0.25) is 4.79 Å². The number of aliphatic hydroxyl groups is 1. The average molecular weight is 476 g/mol. The van der Waals surface area contributed by atoms with Gasteiger partial charge in [0.05, 0.1) is 18.6 Å². The van der Waals surface area contributed by atoms with Gasteiger partial charge in [0.1, 0.15) is 5.60 Å². The van der Waals surface area contributed by atoms with E-state index < -0.39 is 35.7 Å². The van der Waals surface area contributed by atoms with Crippen molar-refractivity contribution in [1.29, 1.82) is 0 Å². The van der Waals surface area contributed by atoms with Crippen LogP contribution in [0.4, 0.5) is 4.79 Å². The average Bonchev–Trinajstić information content (AvgIpc) is 2.73. The monoisotopic (exact) mass is 475 g/mol. The van der Waals surface area contributed by atoms with Gasteiger partial charge in [-0.25, -0.2) is 4.79 Å². The molecule has 0 bridgehead atoms. The first kappa shape index (κ1) is 26.7. The van der Waals surface area contributed by atoms with E-state index in [1.54, 1.807) is 34.6 Å². The number of hydrogen-bond acceptors (Lipinski definition) is 5. The van der Waals surface area contributed by atoms with Crippen LogP contribution in [0.1, 0.15) is 46.6 Å². The van der Waals surface area contributed by atoms with E-state index in [0.29, 0.717) is 11.4 Å². The highest BCUT2D eigenvalue weighted by molar-refractivity contribution is 6.30. The van der Waals surface area contributed by atoms with E-state index in [4.69, 9.17) is 21.1 Å². The third-order valence-electron chi connectivity index (χ3n) is 5.13. The number of ether oxygens (including phenoxy) is 2. The Kier molecular flexibility index (Phi) is 9.32. The van der Waals surface area contributed by atoms with Gasteiger partial charge in [-0.1, -0.05) is 48.0 Å². The Hall–Kier alpha value is -2.57. The van der Waals surface area contributed by atoms with E-state index in [9.17, 15) is 14.7 Å². The minimum atomic E-state index is -1.16. The number of carbonyl (C=O) groups is 2. The summed E-state index contributed by atoms with van der Waals surface area (Å²) < 4.78 is 10.6. The second-order valence-corrected chi connectivity index (χ2v) is 9.83. The number of nitrogens with one attached hydrogen (secondary N) is 1. The number of halogens is 1. The molecule has 2 rings (SSSR count). The second-order valence-electron chi connectivity index (χ2n) is 9.40. The standard InChI is InChI=1S/C26H34ClNO5/c1-6-32-23(30)26(5,17-29)16-22(28-24(31)33-25(2,3)4)14-18-10-12-19(13-11-18)20-8-7-9-21(27)15-20/h7-13,15,22,29H,6,14,16-17H2,1-5H3,(H,28,31). The molecule has 0 aliphatic heterocycles. The summed E-state index contributed by atoms with van der Waals surface area (Å²) >= 11 is 6.10. The molecule has 0 fully saturated rings. The van der Waals surface area contributed by atoms with Crippen molar-refractivity contribution in [2.24, 2.45) is 5.41 Å². The summed E-state index contributed by atoms with van der Waals surface area (Å²) in [6.07, 6.45) is 0.0639. The largest absolute Gasteiger partial charge is 0.466 e. The van der Waals surface area contributed by atoms with Crippen molar-refractivity contribution in [2.75, 3.05) is 13.2 Å². The molecule has 0 aliphatic rings. The Labute approximate surface area is 201 Å². The summed E-state index contributed by atoms with van der Waals surface area (Å²) in [4.78, 5) is 25.0. The Morgan fingerprint density at radius 3 is 2.27 bits per heavy atom. The molecule has 0 heterocycles. The molecule has 2 unspecified atom stereocenters. The smallest absolute Gasteiger partial charge is 0.407 e. The van der Waals surface area contributed by atoms with Crippen LogP contribution >= 0.6 is 11.6 Å². The normalized spacial score (nSPS) is 14.2. The fourth-order valence-electron chi connectivity index (χ4n) is 3.50. The van der Waals surface area contributed by atoms with Crippen molar-refractivity contribution >= 4 is 23.7 Å².